The smallest absolute Gasteiger partial charge is 0.410 e. The quantitative estimate of drug-likeness (QED) is 0.732. The van der Waals surface area contributed by atoms with Gasteiger partial charge in [-0.05, 0) is 86.9 Å². The summed E-state index contributed by atoms with van der Waals surface area (Å²) < 4.78 is 11.1. The molecule has 0 saturated heterocycles. The number of amides is 1. The van der Waals surface area contributed by atoms with Gasteiger partial charge in [0, 0.05) is 13.1 Å². The van der Waals surface area contributed by atoms with E-state index < -0.39 is 5.60 Å². The fourth-order valence-electron chi connectivity index (χ4n) is 3.72. The molecule has 0 aliphatic carbocycles. The predicted octanol–water partition coefficient (Wildman–Crippen LogP) is 5.05. The van der Waals surface area contributed by atoms with E-state index in [0.717, 1.165) is 6.42 Å². The molecule has 0 aromatic heterocycles. The molecule has 2 aliphatic rings. The molecule has 1 aromatic carbocycles. The number of nitrogens with zero attached hydrogens (tertiary/aromatic N) is 1. The highest BCUT2D eigenvalue weighted by molar-refractivity contribution is 5.84. The minimum atomic E-state index is -0.464. The van der Waals surface area contributed by atoms with Gasteiger partial charge in [-0.2, -0.15) is 0 Å². The predicted molar refractivity (Wildman–Crippen MR) is 110 cm³/mol. The number of hydrogen-bond acceptors (Lipinski definition) is 3. The molecule has 0 fully saturated rings. The van der Waals surface area contributed by atoms with Gasteiger partial charge in [0.25, 0.3) is 0 Å². The molecule has 0 bridgehead atoms. The molecule has 0 N–H and O–H groups in total. The first-order chi connectivity index (χ1) is 12.7. The van der Waals surface area contributed by atoms with Crippen LogP contribution in [0.4, 0.5) is 4.79 Å². The average molecular weight is 370 g/mol. The zero-order chi connectivity index (χ0) is 19.8. The van der Waals surface area contributed by atoms with E-state index in [9.17, 15) is 4.79 Å². The fraction of sp³-hybridized carbons (Fsp3) is 0.522. The van der Waals surface area contributed by atoms with Crippen LogP contribution in [-0.4, -0.2) is 42.9 Å². The van der Waals surface area contributed by atoms with Gasteiger partial charge in [0.2, 0.25) is 0 Å². The lowest BCUT2D eigenvalue weighted by molar-refractivity contribution is 0.0270. The summed E-state index contributed by atoms with van der Waals surface area (Å²) in [5.41, 5.74) is 8.70. The van der Waals surface area contributed by atoms with Crippen LogP contribution in [0.2, 0.25) is 0 Å². The first-order valence-corrected chi connectivity index (χ1v) is 9.72. The van der Waals surface area contributed by atoms with E-state index >= 15 is 0 Å². The van der Waals surface area contributed by atoms with Crippen LogP contribution in [0.25, 0.3) is 11.1 Å². The summed E-state index contributed by atoms with van der Waals surface area (Å²) in [6.07, 6.45) is 4.97. The van der Waals surface area contributed by atoms with Gasteiger partial charge < -0.3 is 14.4 Å². The van der Waals surface area contributed by atoms with Crippen LogP contribution in [0.1, 0.15) is 55.0 Å². The highest BCUT2D eigenvalue weighted by atomic mass is 16.6. The number of hydrogen-bond donors (Lipinski definition) is 0. The lowest BCUT2D eigenvalue weighted by atomic mass is 9.85. The van der Waals surface area contributed by atoms with Crippen molar-refractivity contribution < 1.29 is 14.3 Å². The fourth-order valence-corrected chi connectivity index (χ4v) is 3.72. The molecule has 4 nitrogen and oxygen atoms in total. The summed E-state index contributed by atoms with van der Waals surface area (Å²) in [4.78, 5) is 14.1. The summed E-state index contributed by atoms with van der Waals surface area (Å²) in [7, 11) is 0. The maximum atomic E-state index is 12.3. The van der Waals surface area contributed by atoms with Crippen molar-refractivity contribution in [1.29, 1.82) is 0 Å². The van der Waals surface area contributed by atoms with Crippen molar-refractivity contribution in [2.75, 3.05) is 26.3 Å². The molecule has 27 heavy (non-hydrogen) atoms. The molecule has 1 aromatic rings. The van der Waals surface area contributed by atoms with Crippen LogP contribution in [-0.2, 0) is 9.47 Å². The van der Waals surface area contributed by atoms with E-state index in [4.69, 9.17) is 9.47 Å². The first kappa shape index (κ1) is 19.7. The Morgan fingerprint density at radius 1 is 1.11 bits per heavy atom. The third kappa shape index (κ3) is 4.27. The van der Waals surface area contributed by atoms with Gasteiger partial charge in [0.05, 0.1) is 13.2 Å². The van der Waals surface area contributed by atoms with E-state index in [0.29, 0.717) is 26.3 Å². The van der Waals surface area contributed by atoms with E-state index in [1.165, 1.54) is 39.0 Å². The Bertz CT molecular complexity index is 812. The second kappa shape index (κ2) is 7.51. The van der Waals surface area contributed by atoms with Crippen molar-refractivity contribution in [3.8, 4) is 0 Å². The molecule has 3 rings (SSSR count). The number of rotatable bonds is 2. The second-order valence-electron chi connectivity index (χ2n) is 8.52. The van der Waals surface area contributed by atoms with Gasteiger partial charge in [-0.25, -0.2) is 4.79 Å². The molecule has 0 unspecified atom stereocenters. The highest BCUT2D eigenvalue weighted by Crippen LogP contribution is 2.36. The summed E-state index contributed by atoms with van der Waals surface area (Å²) in [5, 5.41) is 0. The molecule has 4 heteroatoms. The maximum absolute atomic E-state index is 12.3. The van der Waals surface area contributed by atoms with Crippen LogP contribution >= 0.6 is 0 Å². The topological polar surface area (TPSA) is 38.8 Å². The molecule has 2 aliphatic heterocycles. The van der Waals surface area contributed by atoms with Gasteiger partial charge in [-0.3, -0.25) is 0 Å². The Morgan fingerprint density at radius 3 is 2.41 bits per heavy atom. The van der Waals surface area contributed by atoms with E-state index in [1.54, 1.807) is 4.90 Å². The van der Waals surface area contributed by atoms with Crippen LogP contribution in [0, 0.1) is 20.8 Å². The first-order valence-electron chi connectivity index (χ1n) is 9.72. The maximum Gasteiger partial charge on any atom is 0.410 e. The summed E-state index contributed by atoms with van der Waals surface area (Å²) in [6, 6.07) is 2.30. The minimum Gasteiger partial charge on any atom is -0.444 e. The standard InChI is InChI=1S/C23H31NO3/c1-15-13-20(21(17(3)16(15)2)19-9-12-26-14-19)18-7-10-24(11-8-18)22(25)27-23(4,5)6/h7,9,13H,8,10-12,14H2,1-6H3. The van der Waals surface area contributed by atoms with Gasteiger partial charge in [0.1, 0.15) is 5.60 Å². The number of benzene rings is 1. The molecule has 146 valence electrons. The number of carbonyl (C=O) groups is 1. The van der Waals surface area contributed by atoms with Crippen LogP contribution < -0.4 is 0 Å². The van der Waals surface area contributed by atoms with Crippen molar-refractivity contribution in [1.82, 2.24) is 4.90 Å². The Kier molecular flexibility index (Phi) is 5.48. The SMILES string of the molecule is Cc1cc(C2=CCN(C(=O)OC(C)(C)C)CC2)c(C2=CCOC2)c(C)c1C. The molecular formula is C23H31NO3. The molecular weight excluding hydrogens is 338 g/mol. The van der Waals surface area contributed by atoms with Crippen LogP contribution in [0.15, 0.2) is 18.2 Å². The van der Waals surface area contributed by atoms with Crippen molar-refractivity contribution >= 4 is 17.2 Å². The zero-order valence-electron chi connectivity index (χ0n) is 17.4. The third-order valence-electron chi connectivity index (χ3n) is 5.39. The third-order valence-corrected chi connectivity index (χ3v) is 5.39. The molecule has 2 heterocycles. The molecule has 0 atom stereocenters. The highest BCUT2D eigenvalue weighted by Gasteiger charge is 2.26. The monoisotopic (exact) mass is 369 g/mol. The molecule has 0 spiro atoms. The normalized spacial score (nSPS) is 17.6. The average Bonchev–Trinajstić information content (AvgIpc) is 3.12. The van der Waals surface area contributed by atoms with Crippen molar-refractivity contribution in [2.45, 2.75) is 53.6 Å². The Hall–Kier alpha value is -2.07. The summed E-state index contributed by atoms with van der Waals surface area (Å²) >= 11 is 0. The van der Waals surface area contributed by atoms with Crippen molar-refractivity contribution in [3.05, 3.63) is 46.0 Å². The minimum absolute atomic E-state index is 0.235. The van der Waals surface area contributed by atoms with Gasteiger partial charge in [-0.1, -0.05) is 18.2 Å². The van der Waals surface area contributed by atoms with E-state index in [-0.39, 0.29) is 6.09 Å². The Morgan fingerprint density at radius 2 is 1.85 bits per heavy atom. The van der Waals surface area contributed by atoms with Gasteiger partial charge in [-0.15, -0.1) is 0 Å². The lowest BCUT2D eigenvalue weighted by Gasteiger charge is -2.30. The number of aryl methyl sites for hydroxylation is 1. The van der Waals surface area contributed by atoms with Gasteiger partial charge >= 0.3 is 6.09 Å². The molecule has 0 saturated carbocycles. The number of carbonyl (C=O) groups excluding carboxylic acids is 1. The van der Waals surface area contributed by atoms with Crippen LogP contribution in [0.3, 0.4) is 0 Å². The van der Waals surface area contributed by atoms with Crippen molar-refractivity contribution in [2.24, 2.45) is 0 Å². The van der Waals surface area contributed by atoms with Crippen molar-refractivity contribution in [3.63, 3.8) is 0 Å². The Labute approximate surface area is 162 Å². The molecule has 1 amide bonds. The Balaban J connectivity index is 1.90. The lowest BCUT2D eigenvalue weighted by Crippen LogP contribution is -2.39. The summed E-state index contributed by atoms with van der Waals surface area (Å²) in [5.74, 6) is 0. The van der Waals surface area contributed by atoms with Crippen LogP contribution in [0.5, 0.6) is 0 Å². The molecule has 0 radical (unpaired) electrons. The second-order valence-corrected chi connectivity index (χ2v) is 8.52. The zero-order valence-corrected chi connectivity index (χ0v) is 17.4. The van der Waals surface area contributed by atoms with E-state index in [1.807, 2.05) is 20.8 Å². The summed E-state index contributed by atoms with van der Waals surface area (Å²) in [6.45, 7) is 14.9. The number of ether oxygens (including phenoxy) is 2. The van der Waals surface area contributed by atoms with E-state index in [2.05, 4.69) is 39.0 Å². The van der Waals surface area contributed by atoms with Gasteiger partial charge in [0.15, 0.2) is 0 Å². The largest absolute Gasteiger partial charge is 0.444 e.